The molecular formula is C23H18N2O7S. The second-order valence-corrected chi connectivity index (χ2v) is 8.00. The number of methoxy groups -OCH3 is 1. The molecule has 0 unspecified atom stereocenters. The van der Waals surface area contributed by atoms with Crippen LogP contribution in [0, 0.1) is 10.1 Å². The van der Waals surface area contributed by atoms with Crippen LogP contribution >= 0.6 is 11.8 Å². The first-order valence-electron chi connectivity index (χ1n) is 9.80. The zero-order chi connectivity index (χ0) is 23.5. The summed E-state index contributed by atoms with van der Waals surface area (Å²) in [5.41, 5.74) is -0.322. The van der Waals surface area contributed by atoms with Gasteiger partial charge in [-0.3, -0.25) is 24.6 Å². The number of nitro groups is 1. The first-order valence-corrected chi connectivity index (χ1v) is 10.6. The molecule has 4 rings (SSSR count). The van der Waals surface area contributed by atoms with Crippen molar-refractivity contribution in [1.82, 2.24) is 4.90 Å². The smallest absolute Gasteiger partial charge is 0.315 e. The van der Waals surface area contributed by atoms with E-state index in [1.165, 1.54) is 19.3 Å². The summed E-state index contributed by atoms with van der Waals surface area (Å²) in [6, 6.07) is 15.8. The number of benzene rings is 3. The lowest BCUT2D eigenvalue weighted by Gasteiger charge is -2.14. The van der Waals surface area contributed by atoms with E-state index < -0.39 is 27.5 Å². The Morgan fingerprint density at radius 3 is 2.64 bits per heavy atom. The summed E-state index contributed by atoms with van der Waals surface area (Å²) in [6.45, 7) is 0.155. The molecule has 0 spiro atoms. The largest absolute Gasteiger partial charge is 0.500 e. The summed E-state index contributed by atoms with van der Waals surface area (Å²) in [7, 11) is 1.26. The van der Waals surface area contributed by atoms with Crippen molar-refractivity contribution >= 4 is 45.4 Å². The van der Waals surface area contributed by atoms with Crippen molar-refractivity contribution in [3.05, 3.63) is 75.2 Å². The van der Waals surface area contributed by atoms with Crippen molar-refractivity contribution in [3.8, 4) is 17.2 Å². The molecule has 0 aromatic heterocycles. The van der Waals surface area contributed by atoms with Crippen LogP contribution < -0.4 is 9.47 Å². The summed E-state index contributed by atoms with van der Waals surface area (Å²) >= 11 is 0.727. The topological polar surface area (TPSA) is 119 Å². The molecule has 1 aliphatic rings. The van der Waals surface area contributed by atoms with Crippen LogP contribution in [-0.4, -0.2) is 46.3 Å². The van der Waals surface area contributed by atoms with Crippen molar-refractivity contribution in [2.75, 3.05) is 20.3 Å². The number of amides is 2. The number of phenols is 1. The van der Waals surface area contributed by atoms with Gasteiger partial charge in [0.2, 0.25) is 5.75 Å². The highest BCUT2D eigenvalue weighted by molar-refractivity contribution is 8.18. The lowest BCUT2D eigenvalue weighted by molar-refractivity contribution is -0.386. The predicted molar refractivity (Wildman–Crippen MR) is 123 cm³/mol. The molecule has 1 N–H and O–H groups in total. The number of nitro benzene ring substituents is 1. The average molecular weight is 466 g/mol. The van der Waals surface area contributed by atoms with Gasteiger partial charge in [-0.25, -0.2) is 0 Å². The minimum absolute atomic E-state index is 0.0459. The van der Waals surface area contributed by atoms with Gasteiger partial charge in [0.25, 0.3) is 11.1 Å². The third kappa shape index (κ3) is 4.46. The maximum absolute atomic E-state index is 12.8. The van der Waals surface area contributed by atoms with Gasteiger partial charge >= 0.3 is 5.69 Å². The molecule has 3 aromatic carbocycles. The highest BCUT2D eigenvalue weighted by Crippen LogP contribution is 2.39. The molecule has 0 bridgehead atoms. The minimum Gasteiger partial charge on any atom is -0.500 e. The van der Waals surface area contributed by atoms with E-state index in [9.17, 15) is 24.8 Å². The fourth-order valence-electron chi connectivity index (χ4n) is 3.40. The van der Waals surface area contributed by atoms with Gasteiger partial charge in [-0.1, -0.05) is 36.4 Å². The van der Waals surface area contributed by atoms with E-state index in [4.69, 9.17) is 9.47 Å². The van der Waals surface area contributed by atoms with Crippen LogP contribution in [-0.2, 0) is 4.79 Å². The highest BCUT2D eigenvalue weighted by Gasteiger charge is 2.35. The van der Waals surface area contributed by atoms with E-state index in [0.717, 1.165) is 33.5 Å². The Labute approximate surface area is 192 Å². The molecule has 0 saturated carbocycles. The molecule has 10 heteroatoms. The molecule has 2 amide bonds. The molecule has 0 atom stereocenters. The fraction of sp³-hybridized carbons (Fsp3) is 0.130. The third-order valence-electron chi connectivity index (χ3n) is 4.99. The Bertz CT molecular complexity index is 1300. The molecule has 168 valence electrons. The van der Waals surface area contributed by atoms with Crippen molar-refractivity contribution < 1.29 is 29.1 Å². The molecule has 3 aromatic rings. The van der Waals surface area contributed by atoms with E-state index in [1.807, 2.05) is 42.5 Å². The van der Waals surface area contributed by atoms with Crippen LogP contribution in [0.15, 0.2) is 59.5 Å². The van der Waals surface area contributed by atoms with Gasteiger partial charge in [-0.2, -0.15) is 0 Å². The van der Waals surface area contributed by atoms with Gasteiger partial charge in [0.05, 0.1) is 23.5 Å². The normalized spacial score (nSPS) is 14.8. The van der Waals surface area contributed by atoms with Gasteiger partial charge in [-0.15, -0.1) is 0 Å². The van der Waals surface area contributed by atoms with Gasteiger partial charge in [0.1, 0.15) is 12.4 Å². The van der Waals surface area contributed by atoms with Gasteiger partial charge in [0, 0.05) is 11.5 Å². The highest BCUT2D eigenvalue weighted by atomic mass is 32.2. The Kier molecular flexibility index (Phi) is 6.18. The Morgan fingerprint density at radius 2 is 1.88 bits per heavy atom. The quantitative estimate of drug-likeness (QED) is 0.305. The van der Waals surface area contributed by atoms with Gasteiger partial charge < -0.3 is 14.6 Å². The van der Waals surface area contributed by atoms with Crippen molar-refractivity contribution in [3.63, 3.8) is 0 Å². The second kappa shape index (κ2) is 9.21. The fourth-order valence-corrected chi connectivity index (χ4v) is 4.27. The number of carbonyl (C=O) groups excluding carboxylic acids is 2. The average Bonchev–Trinajstić information content (AvgIpc) is 3.07. The summed E-state index contributed by atoms with van der Waals surface area (Å²) in [6.07, 6.45) is 1.35. The van der Waals surface area contributed by atoms with Crippen LogP contribution in [0.5, 0.6) is 17.2 Å². The summed E-state index contributed by atoms with van der Waals surface area (Å²) in [4.78, 5) is 36.7. The van der Waals surface area contributed by atoms with E-state index in [-0.39, 0.29) is 29.4 Å². The first kappa shape index (κ1) is 22.2. The van der Waals surface area contributed by atoms with E-state index in [0.29, 0.717) is 5.75 Å². The lowest BCUT2D eigenvalue weighted by Crippen LogP contribution is -2.32. The molecular weight excluding hydrogens is 448 g/mol. The Balaban J connectivity index is 1.49. The molecule has 0 radical (unpaired) electrons. The number of thioether (sulfide) groups is 1. The maximum atomic E-state index is 12.8. The van der Waals surface area contributed by atoms with E-state index >= 15 is 0 Å². The number of fused-ring (bicyclic) bond motifs is 1. The number of nitrogens with zero attached hydrogens (tertiary/aromatic N) is 2. The molecule has 1 aliphatic heterocycles. The summed E-state index contributed by atoms with van der Waals surface area (Å²) in [5, 5.41) is 22.6. The van der Waals surface area contributed by atoms with E-state index in [1.54, 1.807) is 0 Å². The number of ether oxygens (including phenoxy) is 2. The van der Waals surface area contributed by atoms with Crippen molar-refractivity contribution in [1.29, 1.82) is 0 Å². The van der Waals surface area contributed by atoms with Crippen molar-refractivity contribution in [2.24, 2.45) is 0 Å². The molecule has 33 heavy (non-hydrogen) atoms. The summed E-state index contributed by atoms with van der Waals surface area (Å²) in [5.74, 6) is -0.600. The Morgan fingerprint density at radius 1 is 1.12 bits per heavy atom. The number of aromatic hydroxyl groups is 1. The molecule has 9 nitrogen and oxygen atoms in total. The van der Waals surface area contributed by atoms with Crippen LogP contribution in [0.25, 0.3) is 16.8 Å². The maximum Gasteiger partial charge on any atom is 0.315 e. The lowest BCUT2D eigenvalue weighted by atomic mass is 10.1. The monoisotopic (exact) mass is 466 g/mol. The number of imide groups is 1. The predicted octanol–water partition coefficient (Wildman–Crippen LogP) is 4.58. The zero-order valence-corrected chi connectivity index (χ0v) is 18.2. The standard InChI is InChI=1S/C23H18N2O7S/c1-31-19-12-14(11-17(21(19)26)25(29)30)13-20-22(27)24(23(28)33-20)9-10-32-18-8-4-6-15-5-2-3-7-16(15)18/h2-8,11-13,26H,9-10H2,1H3/b20-13-. The van der Waals surface area contributed by atoms with Crippen LogP contribution in [0.2, 0.25) is 0 Å². The molecule has 1 heterocycles. The molecule has 1 saturated heterocycles. The second-order valence-electron chi connectivity index (χ2n) is 7.01. The minimum atomic E-state index is -0.758. The van der Waals surface area contributed by atoms with E-state index in [2.05, 4.69) is 0 Å². The number of carbonyl (C=O) groups is 2. The van der Waals surface area contributed by atoms with Crippen LogP contribution in [0.1, 0.15) is 5.56 Å². The van der Waals surface area contributed by atoms with Crippen LogP contribution in [0.4, 0.5) is 10.5 Å². The number of hydrogen-bond acceptors (Lipinski definition) is 8. The summed E-state index contributed by atoms with van der Waals surface area (Å²) < 4.78 is 10.8. The third-order valence-corrected chi connectivity index (χ3v) is 5.89. The SMILES string of the molecule is COc1cc(/C=C2\SC(=O)N(CCOc3cccc4ccccc34)C2=O)cc([N+](=O)[O-])c1O. The zero-order valence-electron chi connectivity index (χ0n) is 17.4. The number of rotatable bonds is 7. The number of phenolic OH excluding ortho intramolecular Hbond substituents is 1. The van der Waals surface area contributed by atoms with Gasteiger partial charge in [0.15, 0.2) is 5.75 Å². The Hall–Kier alpha value is -4.05. The van der Waals surface area contributed by atoms with Crippen molar-refractivity contribution in [2.45, 2.75) is 0 Å². The van der Waals surface area contributed by atoms with Gasteiger partial charge in [-0.05, 0) is 40.9 Å². The molecule has 0 aliphatic carbocycles. The first-order chi connectivity index (χ1) is 15.9. The molecule has 1 fully saturated rings. The van der Waals surface area contributed by atoms with Crippen LogP contribution in [0.3, 0.4) is 0 Å². The number of hydrogen-bond donors (Lipinski definition) is 1.